The first-order valence-electron chi connectivity index (χ1n) is 4.54. The fourth-order valence-electron chi connectivity index (χ4n) is 0.885. The van der Waals surface area contributed by atoms with E-state index in [9.17, 15) is 14.4 Å². The number of nitrogens with one attached hydrogen (secondary N) is 2. The minimum absolute atomic E-state index is 0.244. The average molecular weight is 217 g/mol. The van der Waals surface area contributed by atoms with Gasteiger partial charge in [-0.1, -0.05) is 0 Å². The molecule has 0 aliphatic rings. The molecule has 0 bridgehead atoms. The van der Waals surface area contributed by atoms with E-state index in [1.807, 2.05) is 0 Å². The zero-order valence-corrected chi connectivity index (χ0v) is 8.28. The number of primary amides is 1. The second kappa shape index (κ2) is 7.60. The van der Waals surface area contributed by atoms with Gasteiger partial charge in [0.2, 0.25) is 5.91 Å². The van der Waals surface area contributed by atoms with Crippen LogP contribution < -0.4 is 16.4 Å². The van der Waals surface area contributed by atoms with Gasteiger partial charge in [-0.3, -0.25) is 9.59 Å². The Kier molecular flexibility index (Phi) is 6.69. The van der Waals surface area contributed by atoms with E-state index < -0.39 is 12.0 Å². The predicted octanol–water partition coefficient (Wildman–Crippen LogP) is -0.974. The molecule has 0 spiro atoms. The fraction of sp³-hybridized carbons (Fsp3) is 0.625. The number of aliphatic carboxylic acids is 1. The summed E-state index contributed by atoms with van der Waals surface area (Å²) < 4.78 is 0. The summed E-state index contributed by atoms with van der Waals surface area (Å²) in [5.74, 6) is -1.38. The van der Waals surface area contributed by atoms with Crippen LogP contribution in [0.15, 0.2) is 0 Å². The number of unbranched alkanes of at least 4 members (excludes halogenated alkanes) is 1. The largest absolute Gasteiger partial charge is 0.480 e. The lowest BCUT2D eigenvalue weighted by Crippen LogP contribution is -2.31. The van der Waals surface area contributed by atoms with Crippen LogP contribution in [0.4, 0.5) is 4.79 Å². The first-order chi connectivity index (χ1) is 7.02. The van der Waals surface area contributed by atoms with E-state index in [0.29, 0.717) is 19.4 Å². The van der Waals surface area contributed by atoms with Gasteiger partial charge in [-0.05, 0) is 12.8 Å². The van der Waals surface area contributed by atoms with Crippen molar-refractivity contribution in [2.75, 3.05) is 13.1 Å². The molecular formula is C8H15N3O4. The van der Waals surface area contributed by atoms with Crippen molar-refractivity contribution in [1.82, 2.24) is 10.6 Å². The predicted molar refractivity (Wildman–Crippen MR) is 52.1 cm³/mol. The standard InChI is InChI=1S/C8H15N3O4/c9-8(15)10-4-2-1-3-6(12)11-5-7(13)14/h1-5H2,(H,11,12)(H,13,14)(H3,9,10,15). The summed E-state index contributed by atoms with van der Waals surface area (Å²) in [5, 5.41) is 12.9. The number of carbonyl (C=O) groups is 3. The highest BCUT2D eigenvalue weighted by molar-refractivity contribution is 5.80. The van der Waals surface area contributed by atoms with Gasteiger partial charge in [0.05, 0.1) is 0 Å². The van der Waals surface area contributed by atoms with Gasteiger partial charge in [0.1, 0.15) is 6.54 Å². The van der Waals surface area contributed by atoms with Crippen LogP contribution in [0.3, 0.4) is 0 Å². The van der Waals surface area contributed by atoms with E-state index in [-0.39, 0.29) is 18.9 Å². The molecule has 0 aromatic carbocycles. The normalized spacial score (nSPS) is 9.33. The molecule has 86 valence electrons. The Morgan fingerprint density at radius 3 is 2.33 bits per heavy atom. The Morgan fingerprint density at radius 2 is 1.80 bits per heavy atom. The molecule has 0 unspecified atom stereocenters. The number of rotatable bonds is 7. The molecule has 0 aromatic rings. The number of hydrogen-bond donors (Lipinski definition) is 4. The van der Waals surface area contributed by atoms with E-state index in [1.54, 1.807) is 0 Å². The highest BCUT2D eigenvalue weighted by Gasteiger charge is 2.03. The van der Waals surface area contributed by atoms with E-state index in [2.05, 4.69) is 10.6 Å². The molecule has 7 heteroatoms. The summed E-state index contributed by atoms with van der Waals surface area (Å²) >= 11 is 0. The number of carbonyl (C=O) groups excluding carboxylic acids is 2. The van der Waals surface area contributed by atoms with E-state index in [1.165, 1.54) is 0 Å². The zero-order chi connectivity index (χ0) is 11.7. The summed E-state index contributed by atoms with van der Waals surface area (Å²) in [5.41, 5.74) is 4.82. The van der Waals surface area contributed by atoms with Crippen molar-refractivity contribution in [1.29, 1.82) is 0 Å². The molecule has 5 N–H and O–H groups in total. The fourth-order valence-corrected chi connectivity index (χ4v) is 0.885. The van der Waals surface area contributed by atoms with Crippen molar-refractivity contribution < 1.29 is 19.5 Å². The second-order valence-electron chi connectivity index (χ2n) is 2.92. The lowest BCUT2D eigenvalue weighted by molar-refractivity contribution is -0.137. The molecule has 3 amide bonds. The van der Waals surface area contributed by atoms with Gasteiger partial charge in [0.25, 0.3) is 0 Å². The van der Waals surface area contributed by atoms with E-state index >= 15 is 0 Å². The molecule has 0 fully saturated rings. The smallest absolute Gasteiger partial charge is 0.322 e. The van der Waals surface area contributed by atoms with Crippen LogP contribution >= 0.6 is 0 Å². The average Bonchev–Trinajstić information content (AvgIpc) is 2.13. The summed E-state index contributed by atoms with van der Waals surface area (Å²) in [6, 6.07) is -0.592. The highest BCUT2D eigenvalue weighted by Crippen LogP contribution is 1.93. The van der Waals surface area contributed by atoms with Crippen molar-refractivity contribution in [2.45, 2.75) is 19.3 Å². The summed E-state index contributed by atoms with van der Waals surface area (Å²) in [4.78, 5) is 31.3. The third kappa shape index (κ3) is 10.1. The molecule has 0 rings (SSSR count). The quantitative estimate of drug-likeness (QED) is 0.409. The summed E-state index contributed by atoms with van der Waals surface area (Å²) in [6.45, 7) is 0.0555. The number of amides is 3. The highest BCUT2D eigenvalue weighted by atomic mass is 16.4. The van der Waals surface area contributed by atoms with Crippen LogP contribution in [0.2, 0.25) is 0 Å². The Morgan fingerprint density at radius 1 is 1.13 bits per heavy atom. The third-order valence-electron chi connectivity index (χ3n) is 1.57. The van der Waals surface area contributed by atoms with E-state index in [4.69, 9.17) is 10.8 Å². The van der Waals surface area contributed by atoms with Crippen LogP contribution in [0.5, 0.6) is 0 Å². The molecule has 0 saturated carbocycles. The van der Waals surface area contributed by atoms with Crippen LogP contribution in [0.1, 0.15) is 19.3 Å². The molecule has 0 heterocycles. The van der Waals surface area contributed by atoms with E-state index in [0.717, 1.165) is 0 Å². The van der Waals surface area contributed by atoms with Crippen LogP contribution in [-0.2, 0) is 9.59 Å². The third-order valence-corrected chi connectivity index (χ3v) is 1.57. The van der Waals surface area contributed by atoms with Crippen molar-refractivity contribution >= 4 is 17.9 Å². The molecule has 0 aliphatic heterocycles. The first kappa shape index (κ1) is 13.2. The molecular weight excluding hydrogens is 202 g/mol. The Bertz CT molecular complexity index is 242. The number of carboxylic acid groups (broad SMARTS) is 1. The van der Waals surface area contributed by atoms with Gasteiger partial charge in [-0.2, -0.15) is 0 Å². The van der Waals surface area contributed by atoms with Gasteiger partial charge in [0, 0.05) is 13.0 Å². The lowest BCUT2D eigenvalue weighted by Gasteiger charge is -2.02. The molecule has 0 saturated heterocycles. The summed E-state index contributed by atoms with van der Waals surface area (Å²) in [6.07, 6.45) is 1.45. The van der Waals surface area contributed by atoms with Gasteiger partial charge in [-0.25, -0.2) is 4.79 Å². The molecule has 0 atom stereocenters. The molecule has 15 heavy (non-hydrogen) atoms. The van der Waals surface area contributed by atoms with Crippen LogP contribution in [-0.4, -0.2) is 36.1 Å². The second-order valence-corrected chi connectivity index (χ2v) is 2.92. The monoisotopic (exact) mass is 217 g/mol. The van der Waals surface area contributed by atoms with Gasteiger partial charge in [-0.15, -0.1) is 0 Å². The SMILES string of the molecule is NC(=O)NCCCCC(=O)NCC(=O)O. The minimum atomic E-state index is -1.07. The Balaban J connectivity index is 3.31. The van der Waals surface area contributed by atoms with Crippen molar-refractivity contribution in [3.8, 4) is 0 Å². The lowest BCUT2D eigenvalue weighted by atomic mass is 10.2. The number of urea groups is 1. The maximum absolute atomic E-state index is 11.0. The number of carboxylic acids is 1. The van der Waals surface area contributed by atoms with Crippen molar-refractivity contribution in [2.24, 2.45) is 5.73 Å². The topological polar surface area (TPSA) is 122 Å². The van der Waals surface area contributed by atoms with Crippen molar-refractivity contribution in [3.63, 3.8) is 0 Å². The minimum Gasteiger partial charge on any atom is -0.480 e. The molecule has 0 radical (unpaired) electrons. The van der Waals surface area contributed by atoms with Crippen molar-refractivity contribution in [3.05, 3.63) is 0 Å². The van der Waals surface area contributed by atoms with Gasteiger partial charge >= 0.3 is 12.0 Å². The number of hydrogen-bond acceptors (Lipinski definition) is 3. The Labute approximate surface area is 87.0 Å². The Hall–Kier alpha value is -1.79. The van der Waals surface area contributed by atoms with Crippen LogP contribution in [0.25, 0.3) is 0 Å². The first-order valence-corrected chi connectivity index (χ1v) is 4.54. The van der Waals surface area contributed by atoms with Gasteiger partial charge < -0.3 is 21.5 Å². The molecule has 7 nitrogen and oxygen atoms in total. The summed E-state index contributed by atoms with van der Waals surface area (Å²) in [7, 11) is 0. The molecule has 0 aromatic heterocycles. The van der Waals surface area contributed by atoms with Crippen LogP contribution in [0, 0.1) is 0 Å². The maximum Gasteiger partial charge on any atom is 0.322 e. The number of nitrogens with two attached hydrogens (primary N) is 1. The van der Waals surface area contributed by atoms with Gasteiger partial charge in [0.15, 0.2) is 0 Å². The molecule has 0 aliphatic carbocycles. The maximum atomic E-state index is 11.0. The zero-order valence-electron chi connectivity index (χ0n) is 8.28.